The lowest BCUT2D eigenvalue weighted by molar-refractivity contribution is 0.0530. The van der Waals surface area contributed by atoms with E-state index in [2.05, 4.69) is 10.3 Å². The van der Waals surface area contributed by atoms with Gasteiger partial charge >= 0.3 is 5.69 Å². The highest BCUT2D eigenvalue weighted by Gasteiger charge is 2.47. The topological polar surface area (TPSA) is 76.1 Å². The number of imidazole rings is 1. The predicted octanol–water partition coefficient (Wildman–Crippen LogP) is 1.77. The van der Waals surface area contributed by atoms with Crippen molar-refractivity contribution in [3.05, 3.63) is 52.2 Å². The molecule has 2 heterocycles. The zero-order valence-electron chi connectivity index (χ0n) is 13.7. The maximum atomic E-state index is 12.4. The molecule has 0 unspecified atom stereocenters. The molecule has 1 aliphatic carbocycles. The maximum absolute atomic E-state index is 12.4. The second-order valence-corrected chi connectivity index (χ2v) is 7.00. The van der Waals surface area contributed by atoms with Crippen molar-refractivity contribution in [2.24, 2.45) is 5.41 Å². The summed E-state index contributed by atoms with van der Waals surface area (Å²) < 4.78 is 7.05. The van der Waals surface area contributed by atoms with Crippen LogP contribution in [-0.4, -0.2) is 34.7 Å². The molecule has 2 aromatic rings. The summed E-state index contributed by atoms with van der Waals surface area (Å²) in [5.74, 6) is -0.0570. The number of carbonyl (C=O) groups is 1. The van der Waals surface area contributed by atoms with Gasteiger partial charge in [-0.3, -0.25) is 9.36 Å². The lowest BCUT2D eigenvalue weighted by Gasteiger charge is -2.44. The third kappa shape index (κ3) is 2.57. The van der Waals surface area contributed by atoms with Gasteiger partial charge in [-0.2, -0.15) is 0 Å². The van der Waals surface area contributed by atoms with Gasteiger partial charge in [-0.1, -0.05) is 0 Å². The van der Waals surface area contributed by atoms with Crippen LogP contribution in [-0.2, 0) is 4.74 Å². The summed E-state index contributed by atoms with van der Waals surface area (Å²) in [4.78, 5) is 26.8. The third-order valence-electron chi connectivity index (χ3n) is 5.23. The number of aromatic amines is 1. The van der Waals surface area contributed by atoms with Crippen molar-refractivity contribution in [1.29, 1.82) is 0 Å². The van der Waals surface area contributed by atoms with Crippen LogP contribution in [0.4, 0.5) is 0 Å². The number of rotatable bonds is 3. The Labute approximate surface area is 139 Å². The predicted molar refractivity (Wildman–Crippen MR) is 89.5 cm³/mol. The Kier molecular flexibility index (Phi) is 3.57. The zero-order chi connectivity index (χ0) is 16.7. The normalized spacial score (nSPS) is 25.6. The lowest BCUT2D eigenvalue weighted by atomic mass is 9.65. The number of ether oxygens (including phenoxy) is 1. The van der Waals surface area contributed by atoms with Gasteiger partial charge in [-0.05, 0) is 55.9 Å². The van der Waals surface area contributed by atoms with Crippen molar-refractivity contribution < 1.29 is 9.53 Å². The highest BCUT2D eigenvalue weighted by molar-refractivity contribution is 5.94. The van der Waals surface area contributed by atoms with E-state index in [1.54, 1.807) is 35.0 Å². The molecule has 1 aromatic carbocycles. The molecule has 2 N–H and O–H groups in total. The molecule has 2 fully saturated rings. The van der Waals surface area contributed by atoms with Gasteiger partial charge in [-0.25, -0.2) is 4.79 Å². The largest absolute Gasteiger partial charge is 0.381 e. The molecule has 6 heteroatoms. The molecule has 0 radical (unpaired) electrons. The second-order valence-electron chi connectivity index (χ2n) is 7.00. The van der Waals surface area contributed by atoms with Crippen molar-refractivity contribution in [3.8, 4) is 5.69 Å². The SMILES string of the molecule is Cc1c[nH]c(=O)n1-c1ccc(C(=O)NC2CC3(CCOC3)C2)cc1. The number of hydrogen-bond acceptors (Lipinski definition) is 3. The first-order valence-corrected chi connectivity index (χ1v) is 8.32. The van der Waals surface area contributed by atoms with Crippen molar-refractivity contribution in [1.82, 2.24) is 14.9 Å². The first-order valence-electron chi connectivity index (χ1n) is 8.32. The first-order chi connectivity index (χ1) is 11.6. The Morgan fingerprint density at radius 1 is 1.33 bits per heavy atom. The van der Waals surface area contributed by atoms with Crippen LogP contribution >= 0.6 is 0 Å². The Balaban J connectivity index is 1.42. The molecular weight excluding hydrogens is 306 g/mol. The third-order valence-corrected chi connectivity index (χ3v) is 5.23. The van der Waals surface area contributed by atoms with Gasteiger partial charge in [0, 0.05) is 30.1 Å². The summed E-state index contributed by atoms with van der Waals surface area (Å²) in [5, 5.41) is 3.09. The molecule has 1 saturated carbocycles. The van der Waals surface area contributed by atoms with E-state index in [1.165, 1.54) is 0 Å². The van der Waals surface area contributed by atoms with E-state index in [0.29, 0.717) is 11.0 Å². The Morgan fingerprint density at radius 3 is 2.67 bits per heavy atom. The lowest BCUT2D eigenvalue weighted by Crippen LogP contribution is -2.51. The Morgan fingerprint density at radius 2 is 2.08 bits per heavy atom. The monoisotopic (exact) mass is 327 g/mol. The minimum absolute atomic E-state index is 0.0570. The van der Waals surface area contributed by atoms with Crippen LogP contribution in [0, 0.1) is 12.3 Å². The summed E-state index contributed by atoms with van der Waals surface area (Å²) in [5.41, 5.74) is 2.33. The van der Waals surface area contributed by atoms with Gasteiger partial charge in [0.05, 0.1) is 12.3 Å². The summed E-state index contributed by atoms with van der Waals surface area (Å²) in [6, 6.07) is 7.36. The molecule has 126 valence electrons. The van der Waals surface area contributed by atoms with E-state index in [0.717, 1.165) is 43.9 Å². The number of aromatic nitrogens is 2. The van der Waals surface area contributed by atoms with Crippen molar-refractivity contribution >= 4 is 5.91 Å². The molecule has 1 aliphatic heterocycles. The highest BCUT2D eigenvalue weighted by Crippen LogP contribution is 2.47. The van der Waals surface area contributed by atoms with Gasteiger partial charge in [0.1, 0.15) is 0 Å². The van der Waals surface area contributed by atoms with Crippen molar-refractivity contribution in [2.75, 3.05) is 13.2 Å². The van der Waals surface area contributed by atoms with E-state index in [4.69, 9.17) is 4.74 Å². The van der Waals surface area contributed by atoms with Crippen LogP contribution in [0.25, 0.3) is 5.69 Å². The quantitative estimate of drug-likeness (QED) is 0.902. The number of amides is 1. The highest BCUT2D eigenvalue weighted by atomic mass is 16.5. The van der Waals surface area contributed by atoms with Crippen LogP contribution in [0.1, 0.15) is 35.3 Å². The van der Waals surface area contributed by atoms with Gasteiger partial charge < -0.3 is 15.0 Å². The van der Waals surface area contributed by atoms with E-state index in [9.17, 15) is 9.59 Å². The number of hydrogen-bond donors (Lipinski definition) is 2. The molecule has 0 bridgehead atoms. The van der Waals surface area contributed by atoms with Crippen molar-refractivity contribution in [2.45, 2.75) is 32.2 Å². The molecule has 1 aromatic heterocycles. The second kappa shape index (κ2) is 5.63. The average Bonchev–Trinajstić information content (AvgIpc) is 3.15. The molecule has 1 saturated heterocycles. The minimum Gasteiger partial charge on any atom is -0.381 e. The molecule has 2 aliphatic rings. The summed E-state index contributed by atoms with van der Waals surface area (Å²) in [7, 11) is 0. The summed E-state index contributed by atoms with van der Waals surface area (Å²) in [6.45, 7) is 3.54. The Hall–Kier alpha value is -2.34. The number of nitrogens with one attached hydrogen (secondary N) is 2. The standard InChI is InChI=1S/C18H21N3O3/c1-12-10-19-17(23)21(12)15-4-2-13(3-5-15)16(22)20-14-8-18(9-14)6-7-24-11-18/h2-5,10,14H,6-9,11H2,1H3,(H,19,23)(H,20,22). The molecule has 0 atom stereocenters. The van der Waals surface area contributed by atoms with Gasteiger partial charge in [-0.15, -0.1) is 0 Å². The number of carbonyl (C=O) groups excluding carboxylic acids is 1. The fourth-order valence-corrected chi connectivity index (χ4v) is 3.87. The number of nitrogens with zero attached hydrogens (tertiary/aromatic N) is 1. The van der Waals surface area contributed by atoms with Gasteiger partial charge in [0.25, 0.3) is 5.91 Å². The first kappa shape index (κ1) is 15.2. The van der Waals surface area contributed by atoms with Crippen LogP contribution in [0.15, 0.2) is 35.3 Å². The van der Waals surface area contributed by atoms with Crippen LogP contribution in [0.3, 0.4) is 0 Å². The van der Waals surface area contributed by atoms with Crippen LogP contribution in [0.5, 0.6) is 0 Å². The van der Waals surface area contributed by atoms with Crippen LogP contribution in [0.2, 0.25) is 0 Å². The number of H-pyrrole nitrogens is 1. The smallest absolute Gasteiger partial charge is 0.330 e. The number of benzene rings is 1. The zero-order valence-corrected chi connectivity index (χ0v) is 13.7. The fraction of sp³-hybridized carbons (Fsp3) is 0.444. The molecule has 4 rings (SSSR count). The van der Waals surface area contributed by atoms with Crippen LogP contribution < -0.4 is 11.0 Å². The Bertz CT molecular complexity index is 805. The molecule has 1 spiro atoms. The fourth-order valence-electron chi connectivity index (χ4n) is 3.87. The molecule has 1 amide bonds. The van der Waals surface area contributed by atoms with Gasteiger partial charge in [0.15, 0.2) is 0 Å². The molecule has 24 heavy (non-hydrogen) atoms. The van der Waals surface area contributed by atoms with Crippen molar-refractivity contribution in [3.63, 3.8) is 0 Å². The summed E-state index contributed by atoms with van der Waals surface area (Å²) in [6.07, 6.45) is 4.80. The van der Waals surface area contributed by atoms with E-state index >= 15 is 0 Å². The summed E-state index contributed by atoms with van der Waals surface area (Å²) >= 11 is 0. The van der Waals surface area contributed by atoms with E-state index in [1.807, 2.05) is 6.92 Å². The van der Waals surface area contributed by atoms with Gasteiger partial charge in [0.2, 0.25) is 0 Å². The molecule has 6 nitrogen and oxygen atoms in total. The molecular formula is C18H21N3O3. The number of aryl methyl sites for hydroxylation is 1. The minimum atomic E-state index is -0.178. The van der Waals surface area contributed by atoms with E-state index < -0.39 is 0 Å². The maximum Gasteiger partial charge on any atom is 0.330 e. The van der Waals surface area contributed by atoms with E-state index in [-0.39, 0.29) is 17.6 Å². The average molecular weight is 327 g/mol.